The predicted molar refractivity (Wildman–Crippen MR) is 143 cm³/mol. The first-order valence-electron chi connectivity index (χ1n) is 11.8. The molecule has 2 heterocycles. The first-order valence-corrected chi connectivity index (χ1v) is 12.5. The standard InChI is InChI=1S/C27H26Cl2N4O4/c1-37-27(36)22(33-26(35)24-20(28)5-2-6-21(24)29)14-16-7-10-18(11-8-16)31-23(34)15-19-12-9-17-4-3-13-30-25(17)32-19/h2,5-12,22H,3-4,13-15H2,1H3,(H,30,32)(H,31,34)(H,33,35)/t22-/m0/s1. The van der Waals surface area contributed by atoms with Gasteiger partial charge in [-0.25, -0.2) is 9.78 Å². The van der Waals surface area contributed by atoms with Crippen LogP contribution >= 0.6 is 23.2 Å². The molecular formula is C27H26Cl2N4O4. The van der Waals surface area contributed by atoms with Crippen LogP contribution < -0.4 is 16.0 Å². The molecule has 0 bridgehead atoms. The van der Waals surface area contributed by atoms with Crippen LogP contribution in [-0.4, -0.2) is 42.5 Å². The number of aryl methyl sites for hydroxylation is 1. The van der Waals surface area contributed by atoms with Crippen molar-refractivity contribution in [2.75, 3.05) is 24.3 Å². The van der Waals surface area contributed by atoms with E-state index in [0.717, 1.165) is 30.8 Å². The first kappa shape index (κ1) is 26.4. The topological polar surface area (TPSA) is 109 Å². The fourth-order valence-corrected chi connectivity index (χ4v) is 4.65. The molecule has 4 rings (SSSR count). The molecule has 0 radical (unpaired) electrons. The maximum absolute atomic E-state index is 12.8. The lowest BCUT2D eigenvalue weighted by Gasteiger charge is -2.18. The van der Waals surface area contributed by atoms with Gasteiger partial charge in [0.1, 0.15) is 11.9 Å². The van der Waals surface area contributed by atoms with E-state index in [1.54, 1.807) is 42.5 Å². The smallest absolute Gasteiger partial charge is 0.328 e. The number of pyridine rings is 1. The summed E-state index contributed by atoms with van der Waals surface area (Å²) in [6, 6.07) is 14.6. The van der Waals surface area contributed by atoms with Gasteiger partial charge in [-0.05, 0) is 54.3 Å². The van der Waals surface area contributed by atoms with Crippen molar-refractivity contribution in [2.45, 2.75) is 31.7 Å². The highest BCUT2D eigenvalue weighted by Gasteiger charge is 2.25. The molecule has 2 amide bonds. The number of methoxy groups -OCH3 is 1. The van der Waals surface area contributed by atoms with Crippen molar-refractivity contribution < 1.29 is 19.1 Å². The molecule has 0 saturated heterocycles. The molecule has 0 fully saturated rings. The van der Waals surface area contributed by atoms with Gasteiger partial charge in [0.25, 0.3) is 5.91 Å². The summed E-state index contributed by atoms with van der Waals surface area (Å²) in [6.45, 7) is 0.885. The SMILES string of the molecule is COC(=O)[C@H](Cc1ccc(NC(=O)Cc2ccc3c(n2)NCCC3)cc1)NC(=O)c1c(Cl)cccc1Cl. The Hall–Kier alpha value is -3.62. The summed E-state index contributed by atoms with van der Waals surface area (Å²) in [5.74, 6) is -0.529. The molecule has 3 aromatic rings. The Balaban J connectivity index is 1.37. The lowest BCUT2D eigenvalue weighted by Crippen LogP contribution is -2.43. The molecule has 0 saturated carbocycles. The molecule has 1 atom stereocenters. The van der Waals surface area contributed by atoms with Gasteiger partial charge in [-0.3, -0.25) is 9.59 Å². The summed E-state index contributed by atoms with van der Waals surface area (Å²) < 4.78 is 4.86. The number of anilines is 2. The number of fused-ring (bicyclic) bond motifs is 1. The number of aromatic nitrogens is 1. The third-order valence-electron chi connectivity index (χ3n) is 5.95. The van der Waals surface area contributed by atoms with E-state index in [-0.39, 0.29) is 34.4 Å². The zero-order valence-corrected chi connectivity index (χ0v) is 21.7. The monoisotopic (exact) mass is 540 g/mol. The van der Waals surface area contributed by atoms with Gasteiger partial charge in [-0.1, -0.05) is 47.5 Å². The number of ether oxygens (including phenoxy) is 1. The van der Waals surface area contributed by atoms with Gasteiger partial charge in [0.05, 0.1) is 34.8 Å². The second-order valence-corrected chi connectivity index (χ2v) is 9.43. The highest BCUT2D eigenvalue weighted by molar-refractivity contribution is 6.39. The molecule has 0 spiro atoms. The Bertz CT molecular complexity index is 1290. The predicted octanol–water partition coefficient (Wildman–Crippen LogP) is 4.44. The van der Waals surface area contributed by atoms with E-state index in [4.69, 9.17) is 27.9 Å². The third kappa shape index (κ3) is 6.78. The van der Waals surface area contributed by atoms with Crippen molar-refractivity contribution in [3.63, 3.8) is 0 Å². The number of nitrogens with one attached hydrogen (secondary N) is 3. The van der Waals surface area contributed by atoms with Crippen LogP contribution in [-0.2, 0) is 33.6 Å². The molecule has 0 aliphatic carbocycles. The summed E-state index contributed by atoms with van der Waals surface area (Å²) in [6.07, 6.45) is 2.38. The average Bonchev–Trinajstić information content (AvgIpc) is 2.88. The van der Waals surface area contributed by atoms with Crippen molar-refractivity contribution in [2.24, 2.45) is 0 Å². The second kappa shape index (κ2) is 12.1. The first-order chi connectivity index (χ1) is 17.8. The fraction of sp³-hybridized carbons (Fsp3) is 0.259. The van der Waals surface area contributed by atoms with Crippen molar-refractivity contribution in [3.05, 3.63) is 87.0 Å². The van der Waals surface area contributed by atoms with E-state index in [1.807, 2.05) is 12.1 Å². The van der Waals surface area contributed by atoms with E-state index < -0.39 is 17.9 Å². The second-order valence-electron chi connectivity index (χ2n) is 8.61. The summed E-state index contributed by atoms with van der Waals surface area (Å²) >= 11 is 12.2. The van der Waals surface area contributed by atoms with Crippen molar-refractivity contribution in [1.29, 1.82) is 0 Å². The number of amides is 2. The van der Waals surface area contributed by atoms with Crippen LogP contribution in [0.2, 0.25) is 10.0 Å². The number of nitrogens with zero attached hydrogens (tertiary/aromatic N) is 1. The number of hydrogen-bond acceptors (Lipinski definition) is 6. The van der Waals surface area contributed by atoms with Crippen LogP contribution in [0.3, 0.4) is 0 Å². The number of hydrogen-bond donors (Lipinski definition) is 3. The minimum Gasteiger partial charge on any atom is -0.467 e. The van der Waals surface area contributed by atoms with Gasteiger partial charge in [-0.2, -0.15) is 0 Å². The summed E-state index contributed by atoms with van der Waals surface area (Å²) in [5, 5.41) is 9.13. The number of benzene rings is 2. The molecule has 37 heavy (non-hydrogen) atoms. The van der Waals surface area contributed by atoms with E-state index in [9.17, 15) is 14.4 Å². The molecule has 1 aliphatic heterocycles. The number of carbonyl (C=O) groups is 3. The quantitative estimate of drug-likeness (QED) is 0.364. The molecule has 1 aliphatic rings. The molecule has 2 aromatic carbocycles. The van der Waals surface area contributed by atoms with Gasteiger partial charge in [0, 0.05) is 18.7 Å². The van der Waals surface area contributed by atoms with Gasteiger partial charge in [0.15, 0.2) is 0 Å². The molecule has 10 heteroatoms. The largest absolute Gasteiger partial charge is 0.467 e. The summed E-state index contributed by atoms with van der Waals surface area (Å²) in [4.78, 5) is 42.2. The molecular weight excluding hydrogens is 515 g/mol. The minimum atomic E-state index is -0.964. The Labute approximate surface area is 224 Å². The van der Waals surface area contributed by atoms with Gasteiger partial charge >= 0.3 is 5.97 Å². The summed E-state index contributed by atoms with van der Waals surface area (Å²) in [7, 11) is 1.25. The fourth-order valence-electron chi connectivity index (χ4n) is 4.08. The van der Waals surface area contributed by atoms with Crippen LogP contribution in [0, 0.1) is 0 Å². The minimum absolute atomic E-state index is 0.0852. The van der Waals surface area contributed by atoms with Gasteiger partial charge in [-0.15, -0.1) is 0 Å². The number of carbonyl (C=O) groups excluding carboxylic acids is 3. The lowest BCUT2D eigenvalue weighted by molar-refractivity contribution is -0.142. The van der Waals surface area contributed by atoms with Crippen LogP contribution in [0.5, 0.6) is 0 Å². The normalized spacial score (nSPS) is 13.1. The lowest BCUT2D eigenvalue weighted by atomic mass is 10.0. The van der Waals surface area contributed by atoms with E-state index >= 15 is 0 Å². The number of esters is 1. The van der Waals surface area contributed by atoms with E-state index in [0.29, 0.717) is 11.4 Å². The Kier molecular flexibility index (Phi) is 8.63. The highest BCUT2D eigenvalue weighted by atomic mass is 35.5. The summed E-state index contributed by atoms with van der Waals surface area (Å²) in [5.41, 5.74) is 3.30. The third-order valence-corrected chi connectivity index (χ3v) is 6.58. The molecule has 8 nitrogen and oxygen atoms in total. The van der Waals surface area contributed by atoms with E-state index in [2.05, 4.69) is 20.9 Å². The zero-order valence-electron chi connectivity index (χ0n) is 20.1. The number of rotatable bonds is 8. The Morgan fingerprint density at radius 1 is 1.05 bits per heavy atom. The van der Waals surface area contributed by atoms with Crippen molar-refractivity contribution in [1.82, 2.24) is 10.3 Å². The van der Waals surface area contributed by atoms with Gasteiger partial charge < -0.3 is 20.7 Å². The van der Waals surface area contributed by atoms with Crippen molar-refractivity contribution in [3.8, 4) is 0 Å². The Morgan fingerprint density at radius 2 is 1.78 bits per heavy atom. The van der Waals surface area contributed by atoms with Gasteiger partial charge in [0.2, 0.25) is 5.91 Å². The zero-order chi connectivity index (χ0) is 26.4. The van der Waals surface area contributed by atoms with E-state index in [1.165, 1.54) is 12.7 Å². The molecule has 192 valence electrons. The molecule has 0 unspecified atom stereocenters. The van der Waals surface area contributed by atoms with Crippen LogP contribution in [0.15, 0.2) is 54.6 Å². The van der Waals surface area contributed by atoms with Crippen molar-refractivity contribution >= 4 is 52.5 Å². The van der Waals surface area contributed by atoms with Crippen LogP contribution in [0.25, 0.3) is 0 Å². The highest BCUT2D eigenvalue weighted by Crippen LogP contribution is 2.24. The Morgan fingerprint density at radius 3 is 2.49 bits per heavy atom. The number of halogens is 2. The maximum atomic E-state index is 12.8. The molecule has 1 aromatic heterocycles. The average molecular weight is 541 g/mol. The van der Waals surface area contributed by atoms with Crippen LogP contribution in [0.4, 0.5) is 11.5 Å². The van der Waals surface area contributed by atoms with Crippen LogP contribution in [0.1, 0.15) is 33.6 Å². The molecule has 3 N–H and O–H groups in total. The maximum Gasteiger partial charge on any atom is 0.328 e.